The molecule has 10 heteroatoms. The molecule has 0 amide bonds. The van der Waals surface area contributed by atoms with Gasteiger partial charge in [0.2, 0.25) is 0 Å². The van der Waals surface area contributed by atoms with Crippen molar-refractivity contribution in [2.45, 2.75) is 26.5 Å². The number of rotatable bonds is 5. The second-order valence-corrected chi connectivity index (χ2v) is 7.17. The van der Waals surface area contributed by atoms with E-state index in [-0.39, 0.29) is 23.1 Å². The first kappa shape index (κ1) is 21.5. The molecule has 30 heavy (non-hydrogen) atoms. The van der Waals surface area contributed by atoms with Gasteiger partial charge in [0.05, 0.1) is 11.9 Å². The number of nitrogens with zero attached hydrogens (tertiary/aromatic N) is 3. The summed E-state index contributed by atoms with van der Waals surface area (Å²) in [6.45, 7) is 3.01. The first-order valence-electron chi connectivity index (χ1n) is 8.80. The molecule has 0 unspecified atom stereocenters. The first-order valence-corrected chi connectivity index (χ1v) is 9.18. The van der Waals surface area contributed by atoms with E-state index in [0.717, 1.165) is 6.20 Å². The summed E-state index contributed by atoms with van der Waals surface area (Å²) < 4.78 is 33.5. The highest BCUT2D eigenvalue weighted by Crippen LogP contribution is 2.28. The van der Waals surface area contributed by atoms with Crippen molar-refractivity contribution >= 4 is 23.3 Å². The molecule has 0 radical (unpaired) electrons. The second kappa shape index (κ2) is 8.27. The molecule has 0 bridgehead atoms. The summed E-state index contributed by atoms with van der Waals surface area (Å²) in [7, 11) is 1.62. The normalized spacial score (nSPS) is 16.2. The lowest BCUT2D eigenvalue weighted by Crippen LogP contribution is -2.37. The van der Waals surface area contributed by atoms with E-state index in [4.69, 9.17) is 16.3 Å². The lowest BCUT2D eigenvalue weighted by molar-refractivity contribution is -0.140. The molecule has 1 atom stereocenters. The van der Waals surface area contributed by atoms with E-state index in [0.29, 0.717) is 23.0 Å². The number of hydrogen-bond donors (Lipinski definition) is 1. The molecule has 0 aliphatic carbocycles. The van der Waals surface area contributed by atoms with Crippen LogP contribution in [0.25, 0.3) is 5.70 Å². The molecule has 1 N–H and O–H groups in total. The smallest absolute Gasteiger partial charge is 0.330 e. The predicted molar refractivity (Wildman–Crippen MR) is 106 cm³/mol. The van der Waals surface area contributed by atoms with Crippen LogP contribution in [0.15, 0.2) is 41.0 Å². The number of pyridine rings is 2. The van der Waals surface area contributed by atoms with Crippen molar-refractivity contribution in [2.24, 2.45) is 0 Å². The van der Waals surface area contributed by atoms with E-state index in [9.17, 15) is 23.5 Å². The number of likely N-dealkylation sites (N-methyl/N-ethyl adjacent to an activating group) is 1. The highest BCUT2D eigenvalue weighted by Gasteiger charge is 2.26. The van der Waals surface area contributed by atoms with E-state index >= 15 is 0 Å². The number of carboxylic acid groups (broad SMARTS) is 1. The molecule has 1 aliphatic heterocycles. The van der Waals surface area contributed by atoms with Crippen LogP contribution in [-0.2, 0) is 11.4 Å². The summed E-state index contributed by atoms with van der Waals surface area (Å²) in [5, 5.41) is 9.14. The van der Waals surface area contributed by atoms with Gasteiger partial charge in [-0.15, -0.1) is 0 Å². The zero-order valence-electron chi connectivity index (χ0n) is 16.3. The third-order valence-corrected chi connectivity index (χ3v) is 4.95. The lowest BCUT2D eigenvalue weighted by Gasteiger charge is -2.28. The molecule has 1 aliphatic rings. The van der Waals surface area contributed by atoms with Crippen LogP contribution in [0.2, 0.25) is 5.02 Å². The highest BCUT2D eigenvalue weighted by molar-refractivity contribution is 6.31. The van der Waals surface area contributed by atoms with Gasteiger partial charge in [0, 0.05) is 31.1 Å². The van der Waals surface area contributed by atoms with Crippen LogP contribution >= 0.6 is 11.6 Å². The Morgan fingerprint density at radius 2 is 2.03 bits per heavy atom. The number of allylic oxidation sites excluding steroid dienone is 2. The van der Waals surface area contributed by atoms with Crippen molar-refractivity contribution in [2.75, 3.05) is 7.05 Å². The number of halogens is 3. The van der Waals surface area contributed by atoms with E-state index in [1.54, 1.807) is 27.1 Å². The molecule has 0 aromatic carbocycles. The summed E-state index contributed by atoms with van der Waals surface area (Å²) in [5.41, 5.74) is 0.729. The number of aromatic nitrogens is 2. The maximum atomic E-state index is 13.7. The molecule has 3 rings (SSSR count). The maximum absolute atomic E-state index is 13.7. The zero-order valence-corrected chi connectivity index (χ0v) is 17.1. The van der Waals surface area contributed by atoms with Crippen LogP contribution < -0.4 is 10.3 Å². The molecule has 0 saturated carbocycles. The van der Waals surface area contributed by atoms with E-state index in [2.05, 4.69) is 4.98 Å². The SMILES string of the molecule is CC1=CN(C)[C@@H](C(=O)O)C=C1n1c(C)cc(OCc2ncc(F)cc2F)c(Cl)c1=O. The topological polar surface area (TPSA) is 84.7 Å². The third kappa shape index (κ3) is 4.06. The zero-order chi connectivity index (χ0) is 22.2. The van der Waals surface area contributed by atoms with Gasteiger partial charge in [-0.25, -0.2) is 13.6 Å². The standard InChI is InChI=1S/C20H18ClF2N3O4/c1-10-8-25(3)16(20(28)29)6-15(10)26-11(2)4-17(18(21)19(26)27)30-9-14-13(23)5-12(22)7-24-14/h4-8,16H,9H2,1-3H3,(H,28,29)/t16-/m1/s1. The van der Waals surface area contributed by atoms with E-state index in [1.807, 2.05) is 0 Å². The maximum Gasteiger partial charge on any atom is 0.330 e. The van der Waals surface area contributed by atoms with Gasteiger partial charge in [0.15, 0.2) is 5.82 Å². The molecule has 7 nitrogen and oxygen atoms in total. The van der Waals surface area contributed by atoms with Crippen molar-refractivity contribution in [1.82, 2.24) is 14.5 Å². The molecule has 2 aromatic heterocycles. The predicted octanol–water partition coefficient (Wildman–Crippen LogP) is 3.21. The molecule has 0 spiro atoms. The highest BCUT2D eigenvalue weighted by atomic mass is 35.5. The minimum Gasteiger partial charge on any atom is -0.485 e. The van der Waals surface area contributed by atoms with Crippen LogP contribution in [0.1, 0.15) is 18.3 Å². The number of carbonyl (C=O) groups is 1. The van der Waals surface area contributed by atoms with E-state index in [1.165, 1.54) is 21.6 Å². The Hall–Kier alpha value is -3.20. The number of ether oxygens (including phenoxy) is 1. The summed E-state index contributed by atoms with van der Waals surface area (Å²) in [6.07, 6.45) is 3.94. The fourth-order valence-corrected chi connectivity index (χ4v) is 3.32. The summed E-state index contributed by atoms with van der Waals surface area (Å²) in [4.78, 5) is 29.6. The Labute approximate surface area is 175 Å². The van der Waals surface area contributed by atoms with E-state index < -0.39 is 29.2 Å². The van der Waals surface area contributed by atoms with Gasteiger partial charge in [-0.3, -0.25) is 14.3 Å². The van der Waals surface area contributed by atoms with Crippen molar-refractivity contribution in [1.29, 1.82) is 0 Å². The number of aryl methyl sites for hydroxylation is 1. The van der Waals surface area contributed by atoms with Crippen LogP contribution in [0.3, 0.4) is 0 Å². The van der Waals surface area contributed by atoms with Gasteiger partial charge in [-0.05, 0) is 25.5 Å². The number of hydrogen-bond acceptors (Lipinski definition) is 5. The Kier molecular flexibility index (Phi) is 5.93. The third-order valence-electron chi connectivity index (χ3n) is 4.60. The van der Waals surface area contributed by atoms with Crippen molar-refractivity contribution in [3.63, 3.8) is 0 Å². The largest absolute Gasteiger partial charge is 0.485 e. The number of carboxylic acids is 1. The fraction of sp³-hybridized carbons (Fsp3) is 0.250. The molecular weight excluding hydrogens is 420 g/mol. The molecule has 0 saturated heterocycles. The van der Waals surface area contributed by atoms with Crippen LogP contribution in [-0.4, -0.2) is 38.6 Å². The van der Waals surface area contributed by atoms with Gasteiger partial charge in [0.1, 0.15) is 34.9 Å². The Bertz CT molecular complexity index is 1140. The van der Waals surface area contributed by atoms with Gasteiger partial charge in [-0.2, -0.15) is 0 Å². The van der Waals surface area contributed by atoms with Gasteiger partial charge in [-0.1, -0.05) is 11.6 Å². The Morgan fingerprint density at radius 3 is 2.67 bits per heavy atom. The Morgan fingerprint density at radius 1 is 1.33 bits per heavy atom. The van der Waals surface area contributed by atoms with Crippen molar-refractivity contribution < 1.29 is 23.4 Å². The average molecular weight is 438 g/mol. The summed E-state index contributed by atoms with van der Waals surface area (Å²) in [5.74, 6) is -2.76. The van der Waals surface area contributed by atoms with Gasteiger partial charge < -0.3 is 14.7 Å². The average Bonchev–Trinajstić information content (AvgIpc) is 2.66. The van der Waals surface area contributed by atoms with Gasteiger partial charge >= 0.3 is 5.97 Å². The second-order valence-electron chi connectivity index (χ2n) is 6.79. The fourth-order valence-electron chi connectivity index (χ4n) is 3.13. The molecule has 3 heterocycles. The molecule has 158 valence electrons. The van der Waals surface area contributed by atoms with Gasteiger partial charge in [0.25, 0.3) is 5.56 Å². The minimum absolute atomic E-state index is 0.00545. The first-order chi connectivity index (χ1) is 14.1. The molecular formula is C20H18ClF2N3O4. The van der Waals surface area contributed by atoms with Crippen molar-refractivity contribution in [3.05, 3.63) is 74.6 Å². The molecule has 0 fully saturated rings. The van der Waals surface area contributed by atoms with Crippen LogP contribution in [0, 0.1) is 18.6 Å². The Balaban J connectivity index is 1.97. The lowest BCUT2D eigenvalue weighted by atomic mass is 10.1. The quantitative estimate of drug-likeness (QED) is 0.773. The molecule has 2 aromatic rings. The summed E-state index contributed by atoms with van der Waals surface area (Å²) >= 11 is 6.19. The van der Waals surface area contributed by atoms with Crippen molar-refractivity contribution in [3.8, 4) is 5.75 Å². The minimum atomic E-state index is -1.07. The van der Waals surface area contributed by atoms with Crippen LogP contribution in [0.5, 0.6) is 5.75 Å². The summed E-state index contributed by atoms with van der Waals surface area (Å²) in [6, 6.07) is 1.21. The van der Waals surface area contributed by atoms with Crippen LogP contribution in [0.4, 0.5) is 8.78 Å². The monoisotopic (exact) mass is 437 g/mol. The number of aliphatic carboxylic acids is 1.